The van der Waals surface area contributed by atoms with Crippen molar-refractivity contribution in [1.82, 2.24) is 9.88 Å². The molecule has 1 fully saturated rings. The van der Waals surface area contributed by atoms with E-state index in [9.17, 15) is 4.79 Å². The van der Waals surface area contributed by atoms with E-state index >= 15 is 0 Å². The molecule has 1 amide bonds. The van der Waals surface area contributed by atoms with E-state index in [2.05, 4.69) is 10.3 Å². The van der Waals surface area contributed by atoms with Crippen LogP contribution in [0.25, 0.3) is 0 Å². The molecule has 0 bridgehead atoms. The summed E-state index contributed by atoms with van der Waals surface area (Å²) >= 11 is 0. The second-order valence-electron chi connectivity index (χ2n) is 4.11. The fraction of sp³-hybridized carbons (Fsp3) is 0.500. The van der Waals surface area contributed by atoms with E-state index in [1.807, 2.05) is 20.0 Å². The van der Waals surface area contributed by atoms with E-state index in [1.54, 1.807) is 17.2 Å². The number of hydrogen-bond acceptors (Lipinski definition) is 4. The first-order valence-electron chi connectivity index (χ1n) is 5.75. The zero-order chi connectivity index (χ0) is 12.3. The van der Waals surface area contributed by atoms with Crippen molar-refractivity contribution >= 4 is 11.6 Å². The Labute approximate surface area is 101 Å². The predicted molar refractivity (Wildman–Crippen MR) is 65.1 cm³/mol. The molecule has 1 unspecified atom stereocenters. The number of carbonyl (C=O) groups excluding carboxylic acids is 1. The average Bonchev–Trinajstić information content (AvgIpc) is 2.38. The van der Waals surface area contributed by atoms with Crippen LogP contribution in [0.5, 0.6) is 0 Å². The number of aromatic nitrogens is 1. The Balaban J connectivity index is 2.07. The van der Waals surface area contributed by atoms with Crippen LogP contribution in [0, 0.1) is 0 Å². The van der Waals surface area contributed by atoms with Crippen molar-refractivity contribution < 1.29 is 9.53 Å². The molecule has 17 heavy (non-hydrogen) atoms. The maximum atomic E-state index is 12.1. The SMILES string of the molecule is CNc1ccc(C(=O)N2CCOC(C)C2)nc1. The molecule has 1 aromatic rings. The van der Waals surface area contributed by atoms with Gasteiger partial charge in [0.1, 0.15) is 5.69 Å². The van der Waals surface area contributed by atoms with Crippen LogP contribution in [0.3, 0.4) is 0 Å². The lowest BCUT2D eigenvalue weighted by atomic mass is 10.2. The fourth-order valence-electron chi connectivity index (χ4n) is 1.83. The lowest BCUT2D eigenvalue weighted by Crippen LogP contribution is -2.44. The minimum Gasteiger partial charge on any atom is -0.387 e. The second-order valence-corrected chi connectivity index (χ2v) is 4.11. The molecule has 0 saturated carbocycles. The molecule has 1 N–H and O–H groups in total. The van der Waals surface area contributed by atoms with E-state index in [4.69, 9.17) is 4.74 Å². The van der Waals surface area contributed by atoms with Gasteiger partial charge in [-0.15, -0.1) is 0 Å². The van der Waals surface area contributed by atoms with Gasteiger partial charge < -0.3 is 15.0 Å². The van der Waals surface area contributed by atoms with Crippen LogP contribution in [0.2, 0.25) is 0 Å². The van der Waals surface area contributed by atoms with Crippen molar-refractivity contribution in [3.63, 3.8) is 0 Å². The van der Waals surface area contributed by atoms with Gasteiger partial charge in [0.15, 0.2) is 0 Å². The minimum absolute atomic E-state index is 0.0252. The number of nitrogens with zero attached hydrogens (tertiary/aromatic N) is 2. The maximum absolute atomic E-state index is 12.1. The monoisotopic (exact) mass is 235 g/mol. The van der Waals surface area contributed by atoms with Crippen molar-refractivity contribution in [2.75, 3.05) is 32.1 Å². The highest BCUT2D eigenvalue weighted by atomic mass is 16.5. The predicted octanol–water partition coefficient (Wildman–Crippen LogP) is 0.984. The van der Waals surface area contributed by atoms with E-state index < -0.39 is 0 Å². The molecule has 0 aliphatic carbocycles. The van der Waals surface area contributed by atoms with Crippen LogP contribution in [0.1, 0.15) is 17.4 Å². The summed E-state index contributed by atoms with van der Waals surface area (Å²) < 4.78 is 5.41. The molecule has 1 aromatic heterocycles. The molecule has 1 atom stereocenters. The molecule has 5 nitrogen and oxygen atoms in total. The van der Waals surface area contributed by atoms with Gasteiger partial charge in [-0.2, -0.15) is 0 Å². The topological polar surface area (TPSA) is 54.5 Å². The number of rotatable bonds is 2. The summed E-state index contributed by atoms with van der Waals surface area (Å²) in [5.41, 5.74) is 1.38. The molecule has 92 valence electrons. The molecule has 0 radical (unpaired) electrons. The molecule has 5 heteroatoms. The van der Waals surface area contributed by atoms with Crippen molar-refractivity contribution in [2.24, 2.45) is 0 Å². The first-order valence-corrected chi connectivity index (χ1v) is 5.75. The highest BCUT2D eigenvalue weighted by molar-refractivity contribution is 5.92. The number of morpholine rings is 1. The largest absolute Gasteiger partial charge is 0.387 e. The summed E-state index contributed by atoms with van der Waals surface area (Å²) in [4.78, 5) is 18.1. The summed E-state index contributed by atoms with van der Waals surface area (Å²) in [6.45, 7) is 3.84. The number of pyridine rings is 1. The van der Waals surface area contributed by atoms with Gasteiger partial charge in [0.25, 0.3) is 5.91 Å². The number of anilines is 1. The number of ether oxygens (including phenoxy) is 1. The Morgan fingerprint density at radius 1 is 1.59 bits per heavy atom. The van der Waals surface area contributed by atoms with E-state index in [1.165, 1.54) is 0 Å². The molecule has 1 aliphatic rings. The third-order valence-corrected chi connectivity index (χ3v) is 2.80. The Hall–Kier alpha value is -1.62. The molecule has 0 spiro atoms. The zero-order valence-corrected chi connectivity index (χ0v) is 10.1. The van der Waals surface area contributed by atoms with Gasteiger partial charge >= 0.3 is 0 Å². The van der Waals surface area contributed by atoms with Crippen LogP contribution >= 0.6 is 0 Å². The van der Waals surface area contributed by atoms with E-state index in [0.717, 1.165) is 5.69 Å². The standard InChI is InChI=1S/C12H17N3O2/c1-9-8-15(5-6-17-9)12(16)11-4-3-10(13-2)7-14-11/h3-4,7,9,13H,5-6,8H2,1-2H3. The highest BCUT2D eigenvalue weighted by Gasteiger charge is 2.22. The Morgan fingerprint density at radius 3 is 3.00 bits per heavy atom. The van der Waals surface area contributed by atoms with Gasteiger partial charge in [-0.1, -0.05) is 0 Å². The van der Waals surface area contributed by atoms with Crippen molar-refractivity contribution in [3.8, 4) is 0 Å². The average molecular weight is 235 g/mol. The third-order valence-electron chi connectivity index (χ3n) is 2.80. The molecule has 2 rings (SSSR count). The van der Waals surface area contributed by atoms with Gasteiger partial charge in [-0.3, -0.25) is 4.79 Å². The van der Waals surface area contributed by atoms with Crippen LogP contribution in [-0.4, -0.2) is 48.6 Å². The van der Waals surface area contributed by atoms with Gasteiger partial charge in [0.2, 0.25) is 0 Å². The molecular formula is C12H17N3O2. The normalized spacial score (nSPS) is 20.1. The van der Waals surface area contributed by atoms with Gasteiger partial charge in [-0.05, 0) is 19.1 Å². The first-order chi connectivity index (χ1) is 8.20. The molecule has 0 aromatic carbocycles. The Morgan fingerprint density at radius 2 is 2.41 bits per heavy atom. The summed E-state index contributed by atoms with van der Waals surface area (Å²) in [6.07, 6.45) is 1.76. The summed E-state index contributed by atoms with van der Waals surface area (Å²) in [5.74, 6) is -0.0252. The number of hydrogen-bond donors (Lipinski definition) is 1. The Kier molecular flexibility index (Phi) is 3.58. The maximum Gasteiger partial charge on any atom is 0.272 e. The van der Waals surface area contributed by atoms with Crippen molar-refractivity contribution in [1.29, 1.82) is 0 Å². The highest BCUT2D eigenvalue weighted by Crippen LogP contribution is 2.11. The van der Waals surface area contributed by atoms with Crippen molar-refractivity contribution in [3.05, 3.63) is 24.0 Å². The second kappa shape index (κ2) is 5.14. The molecular weight excluding hydrogens is 218 g/mol. The van der Waals surface area contributed by atoms with Crippen LogP contribution < -0.4 is 5.32 Å². The lowest BCUT2D eigenvalue weighted by Gasteiger charge is -2.30. The lowest BCUT2D eigenvalue weighted by molar-refractivity contribution is -0.0126. The number of carbonyl (C=O) groups is 1. The van der Waals surface area contributed by atoms with E-state index in [0.29, 0.717) is 25.4 Å². The zero-order valence-electron chi connectivity index (χ0n) is 10.1. The van der Waals surface area contributed by atoms with Crippen LogP contribution in [-0.2, 0) is 4.74 Å². The summed E-state index contributed by atoms with van der Waals surface area (Å²) in [6, 6.07) is 3.60. The van der Waals surface area contributed by atoms with Gasteiger partial charge in [-0.25, -0.2) is 4.98 Å². The molecule has 1 aliphatic heterocycles. The van der Waals surface area contributed by atoms with Crippen LogP contribution in [0.4, 0.5) is 5.69 Å². The smallest absolute Gasteiger partial charge is 0.272 e. The quantitative estimate of drug-likeness (QED) is 0.830. The van der Waals surface area contributed by atoms with Gasteiger partial charge in [0.05, 0.1) is 24.6 Å². The van der Waals surface area contributed by atoms with Gasteiger partial charge in [0, 0.05) is 20.1 Å². The minimum atomic E-state index is -0.0252. The van der Waals surface area contributed by atoms with E-state index in [-0.39, 0.29) is 12.0 Å². The Bertz CT molecular complexity index is 391. The fourth-order valence-corrected chi connectivity index (χ4v) is 1.83. The van der Waals surface area contributed by atoms with Crippen LogP contribution in [0.15, 0.2) is 18.3 Å². The first kappa shape index (κ1) is 11.9. The molecule has 2 heterocycles. The molecule has 1 saturated heterocycles. The number of nitrogens with one attached hydrogen (secondary N) is 1. The third kappa shape index (κ3) is 2.74. The summed E-state index contributed by atoms with van der Waals surface area (Å²) in [7, 11) is 1.82. The summed E-state index contributed by atoms with van der Waals surface area (Å²) in [5, 5.41) is 2.97. The number of amides is 1. The van der Waals surface area contributed by atoms with Crippen molar-refractivity contribution in [2.45, 2.75) is 13.0 Å².